The zero-order chi connectivity index (χ0) is 15.2. The van der Waals surface area contributed by atoms with E-state index in [9.17, 15) is 9.59 Å². The zero-order valence-electron chi connectivity index (χ0n) is 10.9. The molecule has 1 aromatic carbocycles. The lowest BCUT2D eigenvalue weighted by molar-refractivity contribution is -0.111. The molecule has 0 saturated heterocycles. The molecule has 21 heavy (non-hydrogen) atoms. The van der Waals surface area contributed by atoms with Crippen molar-refractivity contribution < 1.29 is 19.8 Å². The van der Waals surface area contributed by atoms with Gasteiger partial charge in [0, 0.05) is 12.3 Å². The predicted octanol–water partition coefficient (Wildman–Crippen LogP) is 2.14. The van der Waals surface area contributed by atoms with E-state index in [1.54, 1.807) is 18.2 Å². The number of benzene rings is 1. The van der Waals surface area contributed by atoms with Crippen molar-refractivity contribution in [1.82, 2.24) is 4.98 Å². The number of amides is 1. The van der Waals surface area contributed by atoms with Crippen molar-refractivity contribution in [1.29, 1.82) is 0 Å². The quantitative estimate of drug-likeness (QED) is 0.747. The Balaban J connectivity index is 2.03. The highest BCUT2D eigenvalue weighted by Crippen LogP contribution is 2.11. The molecule has 6 heteroatoms. The van der Waals surface area contributed by atoms with Crippen molar-refractivity contribution in [2.75, 3.05) is 5.32 Å². The SMILES string of the molecule is O=C(C=Cc1ccc(O)cc1)Nc1cncc(C(=O)O)c1. The first-order valence-electron chi connectivity index (χ1n) is 6.01. The van der Waals surface area contributed by atoms with E-state index in [4.69, 9.17) is 10.2 Å². The molecule has 0 saturated carbocycles. The third kappa shape index (κ3) is 4.17. The van der Waals surface area contributed by atoms with Gasteiger partial charge in [-0.2, -0.15) is 0 Å². The smallest absolute Gasteiger partial charge is 0.337 e. The molecule has 0 spiro atoms. The Hall–Kier alpha value is -3.15. The molecule has 6 nitrogen and oxygen atoms in total. The number of phenolic OH excluding ortho intramolecular Hbond substituents is 1. The van der Waals surface area contributed by atoms with Crippen LogP contribution in [0.2, 0.25) is 0 Å². The number of nitrogens with zero attached hydrogens (tertiary/aromatic N) is 1. The van der Waals surface area contributed by atoms with Crippen molar-refractivity contribution in [2.24, 2.45) is 0 Å². The molecule has 0 aliphatic rings. The molecule has 0 aliphatic carbocycles. The Morgan fingerprint density at radius 2 is 1.86 bits per heavy atom. The first-order valence-corrected chi connectivity index (χ1v) is 6.01. The van der Waals surface area contributed by atoms with Crippen LogP contribution in [0.3, 0.4) is 0 Å². The average Bonchev–Trinajstić information content (AvgIpc) is 2.47. The summed E-state index contributed by atoms with van der Waals surface area (Å²) >= 11 is 0. The first kappa shape index (κ1) is 14.3. The standard InChI is InChI=1S/C15H12N2O4/c18-13-4-1-10(2-5-13)3-6-14(19)17-12-7-11(15(20)21)8-16-9-12/h1-9,18H,(H,17,19)(H,20,21). The topological polar surface area (TPSA) is 99.5 Å². The minimum Gasteiger partial charge on any atom is -0.508 e. The second kappa shape index (κ2) is 6.33. The number of aromatic nitrogens is 1. The predicted molar refractivity (Wildman–Crippen MR) is 77.0 cm³/mol. The lowest BCUT2D eigenvalue weighted by Crippen LogP contribution is -2.09. The molecule has 1 heterocycles. The van der Waals surface area contributed by atoms with Crippen LogP contribution in [0.15, 0.2) is 48.8 Å². The number of aromatic hydroxyl groups is 1. The summed E-state index contributed by atoms with van der Waals surface area (Å²) < 4.78 is 0. The Labute approximate surface area is 120 Å². The third-order valence-corrected chi connectivity index (χ3v) is 2.57. The number of hydrogen-bond donors (Lipinski definition) is 3. The van der Waals surface area contributed by atoms with Crippen LogP contribution in [0.4, 0.5) is 5.69 Å². The molecule has 106 valence electrons. The number of carbonyl (C=O) groups excluding carboxylic acids is 1. The van der Waals surface area contributed by atoms with Gasteiger partial charge in [-0.3, -0.25) is 9.78 Å². The first-order chi connectivity index (χ1) is 10.0. The fraction of sp³-hybridized carbons (Fsp3) is 0. The number of aromatic carboxylic acids is 1. The van der Waals surface area contributed by atoms with Gasteiger partial charge >= 0.3 is 5.97 Å². The van der Waals surface area contributed by atoms with Crippen molar-refractivity contribution in [2.45, 2.75) is 0 Å². The van der Waals surface area contributed by atoms with Crippen LogP contribution in [0.25, 0.3) is 6.08 Å². The molecule has 3 N–H and O–H groups in total. The van der Waals surface area contributed by atoms with Gasteiger partial charge in [0.1, 0.15) is 5.75 Å². The van der Waals surface area contributed by atoms with Crippen LogP contribution in [-0.2, 0) is 4.79 Å². The largest absolute Gasteiger partial charge is 0.508 e. The number of carbonyl (C=O) groups is 2. The van der Waals surface area contributed by atoms with E-state index in [0.29, 0.717) is 5.69 Å². The number of anilines is 1. The normalized spacial score (nSPS) is 10.5. The summed E-state index contributed by atoms with van der Waals surface area (Å²) in [5, 5.41) is 20.5. The number of carboxylic acid groups (broad SMARTS) is 1. The van der Waals surface area contributed by atoms with Gasteiger partial charge in [-0.15, -0.1) is 0 Å². The van der Waals surface area contributed by atoms with E-state index in [2.05, 4.69) is 10.3 Å². The molecule has 2 rings (SSSR count). The minimum absolute atomic E-state index is 0.00434. The zero-order valence-corrected chi connectivity index (χ0v) is 10.9. The van der Waals surface area contributed by atoms with Gasteiger partial charge in [-0.05, 0) is 29.8 Å². The van der Waals surface area contributed by atoms with E-state index < -0.39 is 11.9 Å². The monoisotopic (exact) mass is 284 g/mol. The Morgan fingerprint density at radius 1 is 1.14 bits per heavy atom. The van der Waals surface area contributed by atoms with Crippen LogP contribution in [0, 0.1) is 0 Å². The maximum atomic E-state index is 11.7. The van der Waals surface area contributed by atoms with Crippen LogP contribution in [0.1, 0.15) is 15.9 Å². The molecule has 1 amide bonds. The van der Waals surface area contributed by atoms with E-state index >= 15 is 0 Å². The molecule has 2 aromatic rings. The van der Waals surface area contributed by atoms with E-state index in [1.807, 2.05) is 0 Å². The summed E-state index contributed by atoms with van der Waals surface area (Å²) in [7, 11) is 0. The van der Waals surface area contributed by atoms with Crippen molar-refractivity contribution in [3.8, 4) is 5.75 Å². The van der Waals surface area contributed by atoms with Gasteiger partial charge < -0.3 is 15.5 Å². The van der Waals surface area contributed by atoms with Crippen molar-refractivity contribution in [3.63, 3.8) is 0 Å². The summed E-state index contributed by atoms with van der Waals surface area (Å²) in [5.41, 5.74) is 1.05. The number of nitrogens with one attached hydrogen (secondary N) is 1. The molecular formula is C15H12N2O4. The lowest BCUT2D eigenvalue weighted by atomic mass is 10.2. The van der Waals surface area contributed by atoms with Gasteiger partial charge in [-0.25, -0.2) is 4.79 Å². The average molecular weight is 284 g/mol. The summed E-state index contributed by atoms with van der Waals surface area (Å²) in [6.07, 6.45) is 5.44. The Morgan fingerprint density at radius 3 is 2.52 bits per heavy atom. The summed E-state index contributed by atoms with van der Waals surface area (Å²) in [6.45, 7) is 0. The van der Waals surface area contributed by atoms with Gasteiger partial charge in [-0.1, -0.05) is 12.1 Å². The molecule has 0 atom stereocenters. The molecule has 0 radical (unpaired) electrons. The highest BCUT2D eigenvalue weighted by Gasteiger charge is 2.05. The molecule has 0 unspecified atom stereocenters. The second-order valence-corrected chi connectivity index (χ2v) is 4.18. The number of phenols is 1. The molecule has 0 aliphatic heterocycles. The minimum atomic E-state index is -1.11. The van der Waals surface area contributed by atoms with Gasteiger partial charge in [0.15, 0.2) is 0 Å². The molecule has 1 aromatic heterocycles. The number of carboxylic acids is 1. The number of pyridine rings is 1. The lowest BCUT2D eigenvalue weighted by Gasteiger charge is -2.02. The maximum absolute atomic E-state index is 11.7. The van der Waals surface area contributed by atoms with Gasteiger partial charge in [0.2, 0.25) is 5.91 Å². The van der Waals surface area contributed by atoms with Crippen molar-refractivity contribution >= 4 is 23.6 Å². The van der Waals surface area contributed by atoms with E-state index in [-0.39, 0.29) is 11.3 Å². The third-order valence-electron chi connectivity index (χ3n) is 2.57. The van der Waals surface area contributed by atoms with Crippen LogP contribution < -0.4 is 5.32 Å². The second-order valence-electron chi connectivity index (χ2n) is 4.18. The van der Waals surface area contributed by atoms with Crippen LogP contribution in [0.5, 0.6) is 5.75 Å². The van der Waals surface area contributed by atoms with E-state index in [1.165, 1.54) is 36.7 Å². The highest BCUT2D eigenvalue weighted by molar-refractivity contribution is 6.02. The van der Waals surface area contributed by atoms with E-state index in [0.717, 1.165) is 5.56 Å². The number of rotatable bonds is 4. The molecule has 0 fully saturated rings. The van der Waals surface area contributed by atoms with Crippen LogP contribution in [-0.4, -0.2) is 27.1 Å². The highest BCUT2D eigenvalue weighted by atomic mass is 16.4. The maximum Gasteiger partial charge on any atom is 0.337 e. The summed E-state index contributed by atoms with van der Waals surface area (Å²) in [6, 6.07) is 7.66. The van der Waals surface area contributed by atoms with Crippen LogP contribution >= 0.6 is 0 Å². The Kier molecular flexibility index (Phi) is 4.30. The fourth-order valence-electron chi connectivity index (χ4n) is 1.57. The van der Waals surface area contributed by atoms with Gasteiger partial charge in [0.05, 0.1) is 17.4 Å². The fourth-order valence-corrected chi connectivity index (χ4v) is 1.57. The summed E-state index contributed by atoms with van der Waals surface area (Å²) in [4.78, 5) is 26.2. The number of hydrogen-bond acceptors (Lipinski definition) is 4. The Bertz CT molecular complexity index is 693. The van der Waals surface area contributed by atoms with Crippen molar-refractivity contribution in [3.05, 3.63) is 59.9 Å². The summed E-state index contributed by atoms with van der Waals surface area (Å²) in [5.74, 6) is -1.38. The van der Waals surface area contributed by atoms with Gasteiger partial charge in [0.25, 0.3) is 0 Å². The molecule has 0 bridgehead atoms. The molecular weight excluding hydrogens is 272 g/mol.